The number of halogens is 2. The van der Waals surface area contributed by atoms with Crippen LogP contribution in [0.2, 0.25) is 0 Å². The third-order valence-corrected chi connectivity index (χ3v) is 2.87. The van der Waals surface area contributed by atoms with E-state index in [0.717, 1.165) is 0 Å². The number of thioether (sulfide) groups is 1. The van der Waals surface area contributed by atoms with Gasteiger partial charge in [0, 0.05) is 10.5 Å². The largest absolute Gasteiger partial charge is 0.467 e. The molecule has 0 aliphatic heterocycles. The van der Waals surface area contributed by atoms with E-state index in [1.807, 2.05) is 0 Å². The first kappa shape index (κ1) is 13.5. The van der Waals surface area contributed by atoms with Crippen LogP contribution in [0.3, 0.4) is 0 Å². The Morgan fingerprint density at radius 1 is 1.16 bits per heavy atom. The van der Waals surface area contributed by atoms with E-state index in [1.54, 1.807) is 24.3 Å². The number of anilines is 1. The Balaban J connectivity index is 2.29. The summed E-state index contributed by atoms with van der Waals surface area (Å²) in [5.41, 5.74) is 6.17. The molecule has 1 heterocycles. The fraction of sp³-hybridized carbons (Fsp3) is 0.182. The predicted molar refractivity (Wildman–Crippen MR) is 68.1 cm³/mol. The number of nitrogens with zero attached hydrogens (tertiary/aromatic N) is 3. The molecule has 2 rings (SSSR count). The molecule has 2 aromatic rings. The molecule has 0 radical (unpaired) electrons. The number of nitrogen functional groups attached to an aromatic ring is 1. The molecule has 0 bridgehead atoms. The Bertz CT molecular complexity index is 565. The van der Waals surface area contributed by atoms with Crippen LogP contribution in [0.15, 0.2) is 29.2 Å². The topological polar surface area (TPSA) is 73.9 Å². The first-order valence-corrected chi connectivity index (χ1v) is 6.07. The van der Waals surface area contributed by atoms with E-state index in [-0.39, 0.29) is 12.0 Å². The van der Waals surface area contributed by atoms with Crippen LogP contribution in [0.4, 0.5) is 14.7 Å². The summed E-state index contributed by atoms with van der Waals surface area (Å²) < 4.78 is 29.3. The summed E-state index contributed by atoms with van der Waals surface area (Å²) in [6, 6.07) is 6.52. The van der Waals surface area contributed by atoms with Gasteiger partial charge in [-0.05, 0) is 12.1 Å². The third-order valence-electron chi connectivity index (χ3n) is 2.15. The van der Waals surface area contributed by atoms with Gasteiger partial charge < -0.3 is 10.5 Å². The molecule has 5 nitrogen and oxygen atoms in total. The van der Waals surface area contributed by atoms with Gasteiger partial charge in [-0.25, -0.2) is 0 Å². The lowest BCUT2D eigenvalue weighted by molar-refractivity contribution is 0.252. The SMILES string of the molecule is COc1nc(N)nc(-c2ccc(SC(F)F)cc2)n1. The first-order valence-electron chi connectivity index (χ1n) is 5.19. The quantitative estimate of drug-likeness (QED) is 0.869. The molecule has 0 amide bonds. The molecule has 0 aliphatic rings. The van der Waals surface area contributed by atoms with Crippen molar-refractivity contribution in [3.63, 3.8) is 0 Å². The highest BCUT2D eigenvalue weighted by Crippen LogP contribution is 2.27. The molecular weight excluding hydrogens is 274 g/mol. The Labute approximate surface area is 112 Å². The van der Waals surface area contributed by atoms with E-state index in [0.29, 0.717) is 28.0 Å². The molecule has 1 aromatic heterocycles. The number of ether oxygens (including phenoxy) is 1. The van der Waals surface area contributed by atoms with Crippen molar-refractivity contribution in [2.75, 3.05) is 12.8 Å². The molecule has 19 heavy (non-hydrogen) atoms. The number of alkyl halides is 2. The molecule has 0 unspecified atom stereocenters. The lowest BCUT2D eigenvalue weighted by Crippen LogP contribution is -2.02. The zero-order valence-corrected chi connectivity index (χ0v) is 10.7. The average Bonchev–Trinajstić information content (AvgIpc) is 2.38. The standard InChI is InChI=1S/C11H10F2N4OS/c1-18-11-16-8(15-10(14)17-11)6-2-4-7(5-3-6)19-9(12)13/h2-5,9H,1H3,(H2,14,15,16,17). The number of aromatic nitrogens is 3. The van der Waals surface area contributed by atoms with Crippen molar-refractivity contribution < 1.29 is 13.5 Å². The number of rotatable bonds is 4. The fourth-order valence-corrected chi connectivity index (χ4v) is 1.88. The Morgan fingerprint density at radius 2 is 1.84 bits per heavy atom. The van der Waals surface area contributed by atoms with E-state index in [1.165, 1.54) is 7.11 Å². The minimum absolute atomic E-state index is 0.0351. The molecule has 2 N–H and O–H groups in total. The summed E-state index contributed by atoms with van der Waals surface area (Å²) in [6.45, 7) is 0. The molecular formula is C11H10F2N4OS. The number of methoxy groups -OCH3 is 1. The third kappa shape index (κ3) is 3.50. The summed E-state index contributed by atoms with van der Waals surface area (Å²) in [5.74, 6) is -2.08. The maximum Gasteiger partial charge on any atom is 0.321 e. The second-order valence-corrected chi connectivity index (χ2v) is 4.47. The number of hydrogen-bond acceptors (Lipinski definition) is 6. The van der Waals surface area contributed by atoms with Crippen LogP contribution >= 0.6 is 11.8 Å². The lowest BCUT2D eigenvalue weighted by atomic mass is 10.2. The van der Waals surface area contributed by atoms with Crippen LogP contribution in [-0.2, 0) is 0 Å². The molecule has 0 spiro atoms. The van der Waals surface area contributed by atoms with Crippen molar-refractivity contribution in [3.05, 3.63) is 24.3 Å². The number of hydrogen-bond donors (Lipinski definition) is 1. The minimum Gasteiger partial charge on any atom is -0.467 e. The highest BCUT2D eigenvalue weighted by atomic mass is 32.2. The predicted octanol–water partition coefficient (Wildman–Crippen LogP) is 2.44. The van der Waals surface area contributed by atoms with Gasteiger partial charge in [0.2, 0.25) is 5.95 Å². The van der Waals surface area contributed by atoms with Crippen LogP contribution in [-0.4, -0.2) is 27.8 Å². The van der Waals surface area contributed by atoms with Gasteiger partial charge in [-0.1, -0.05) is 23.9 Å². The van der Waals surface area contributed by atoms with Crippen molar-refractivity contribution in [3.8, 4) is 17.4 Å². The number of nitrogens with two attached hydrogens (primary N) is 1. The Morgan fingerprint density at radius 3 is 2.42 bits per heavy atom. The van der Waals surface area contributed by atoms with E-state index < -0.39 is 5.76 Å². The zero-order valence-electron chi connectivity index (χ0n) is 9.88. The summed E-state index contributed by atoms with van der Waals surface area (Å²) in [6.07, 6.45) is 0. The second-order valence-electron chi connectivity index (χ2n) is 3.41. The maximum atomic E-state index is 12.2. The van der Waals surface area contributed by atoms with Gasteiger partial charge in [-0.15, -0.1) is 0 Å². The summed E-state index contributed by atoms with van der Waals surface area (Å²) >= 11 is 0.477. The van der Waals surface area contributed by atoms with Gasteiger partial charge in [-0.3, -0.25) is 0 Å². The molecule has 100 valence electrons. The van der Waals surface area contributed by atoms with Crippen LogP contribution in [0, 0.1) is 0 Å². The molecule has 0 atom stereocenters. The van der Waals surface area contributed by atoms with Crippen molar-refractivity contribution >= 4 is 17.7 Å². The Kier molecular flexibility index (Phi) is 4.10. The molecule has 8 heteroatoms. The average molecular weight is 284 g/mol. The summed E-state index contributed by atoms with van der Waals surface area (Å²) in [5, 5.41) is 0. The van der Waals surface area contributed by atoms with Gasteiger partial charge in [0.25, 0.3) is 5.76 Å². The molecule has 0 saturated carbocycles. The maximum absolute atomic E-state index is 12.2. The van der Waals surface area contributed by atoms with E-state index in [9.17, 15) is 8.78 Å². The highest BCUT2D eigenvalue weighted by molar-refractivity contribution is 7.99. The van der Waals surface area contributed by atoms with Crippen molar-refractivity contribution in [2.45, 2.75) is 10.7 Å². The van der Waals surface area contributed by atoms with Gasteiger partial charge >= 0.3 is 6.01 Å². The minimum atomic E-state index is -2.45. The van der Waals surface area contributed by atoms with Crippen molar-refractivity contribution in [1.29, 1.82) is 0 Å². The van der Waals surface area contributed by atoms with Gasteiger partial charge in [-0.2, -0.15) is 23.7 Å². The Hall–Kier alpha value is -1.96. The van der Waals surface area contributed by atoms with Crippen molar-refractivity contribution in [2.24, 2.45) is 0 Å². The van der Waals surface area contributed by atoms with E-state index >= 15 is 0 Å². The van der Waals surface area contributed by atoms with Crippen LogP contribution in [0.5, 0.6) is 6.01 Å². The lowest BCUT2D eigenvalue weighted by Gasteiger charge is -2.05. The molecule has 1 aromatic carbocycles. The monoisotopic (exact) mass is 284 g/mol. The highest BCUT2D eigenvalue weighted by Gasteiger charge is 2.09. The smallest absolute Gasteiger partial charge is 0.321 e. The van der Waals surface area contributed by atoms with Gasteiger partial charge in [0.1, 0.15) is 0 Å². The first-order chi connectivity index (χ1) is 9.08. The van der Waals surface area contributed by atoms with E-state index in [2.05, 4.69) is 15.0 Å². The normalized spacial score (nSPS) is 10.7. The van der Waals surface area contributed by atoms with Crippen molar-refractivity contribution in [1.82, 2.24) is 15.0 Å². The summed E-state index contributed by atoms with van der Waals surface area (Å²) in [4.78, 5) is 12.2. The van der Waals surface area contributed by atoms with Gasteiger partial charge in [0.05, 0.1) is 7.11 Å². The zero-order chi connectivity index (χ0) is 13.8. The van der Waals surface area contributed by atoms with Gasteiger partial charge in [0.15, 0.2) is 5.82 Å². The molecule has 0 aliphatic carbocycles. The number of benzene rings is 1. The van der Waals surface area contributed by atoms with E-state index in [4.69, 9.17) is 10.5 Å². The molecule has 0 saturated heterocycles. The van der Waals surface area contributed by atoms with Crippen LogP contribution in [0.1, 0.15) is 0 Å². The van der Waals surface area contributed by atoms with Crippen LogP contribution in [0.25, 0.3) is 11.4 Å². The van der Waals surface area contributed by atoms with Crippen LogP contribution < -0.4 is 10.5 Å². The molecule has 0 fully saturated rings. The fourth-order valence-electron chi connectivity index (χ4n) is 1.38. The second kappa shape index (κ2) is 5.79. The summed E-state index contributed by atoms with van der Waals surface area (Å²) in [7, 11) is 1.42.